The number of carbonyl (C=O) groups is 1. The van der Waals surface area contributed by atoms with Crippen LogP contribution in [0.25, 0.3) is 11.4 Å². The van der Waals surface area contributed by atoms with Gasteiger partial charge in [0.05, 0.1) is 0 Å². The molecule has 0 spiro atoms. The molecule has 0 radical (unpaired) electrons. The first-order valence-corrected chi connectivity index (χ1v) is 6.80. The molecule has 2 unspecified atom stereocenters. The maximum atomic E-state index is 10.8. The van der Waals surface area contributed by atoms with E-state index in [2.05, 4.69) is 10.1 Å². The molecule has 0 amide bonds. The van der Waals surface area contributed by atoms with Crippen LogP contribution in [0.3, 0.4) is 0 Å². The molecule has 2 aromatic rings. The molecule has 0 saturated carbocycles. The summed E-state index contributed by atoms with van der Waals surface area (Å²) in [6.07, 6.45) is 0.361. The number of carboxylic acids is 1. The number of hydrogen-bond donors (Lipinski definition) is 2. The topological polar surface area (TPSA) is 102 Å². The molecule has 1 aromatic carbocycles. The van der Waals surface area contributed by atoms with E-state index in [1.165, 1.54) is 0 Å². The summed E-state index contributed by atoms with van der Waals surface area (Å²) in [5, 5.41) is 12.8. The van der Waals surface area contributed by atoms with Crippen molar-refractivity contribution in [3.05, 3.63) is 36.2 Å². The third kappa shape index (κ3) is 3.71. The highest BCUT2D eigenvalue weighted by molar-refractivity contribution is 7.80. The van der Waals surface area contributed by atoms with Gasteiger partial charge in [0.25, 0.3) is 0 Å². The predicted molar refractivity (Wildman–Crippen MR) is 80.8 cm³/mol. The first-order chi connectivity index (χ1) is 9.99. The summed E-state index contributed by atoms with van der Waals surface area (Å²) < 4.78 is 5.17. The van der Waals surface area contributed by atoms with Gasteiger partial charge in [-0.15, -0.1) is 0 Å². The number of nitrogens with zero attached hydrogens (tertiary/aromatic N) is 2. The van der Waals surface area contributed by atoms with Crippen LogP contribution >= 0.6 is 12.2 Å². The average molecular weight is 305 g/mol. The highest BCUT2D eigenvalue weighted by Crippen LogP contribution is 2.17. The third-order valence-electron chi connectivity index (χ3n) is 3.04. The van der Waals surface area contributed by atoms with E-state index in [4.69, 9.17) is 27.6 Å². The van der Waals surface area contributed by atoms with Gasteiger partial charge in [-0.2, -0.15) is 4.98 Å². The Morgan fingerprint density at radius 3 is 2.71 bits per heavy atom. The summed E-state index contributed by atoms with van der Waals surface area (Å²) in [7, 11) is 0. The van der Waals surface area contributed by atoms with Crippen molar-refractivity contribution < 1.29 is 14.4 Å². The molecule has 2 atom stereocenters. The normalized spacial score (nSPS) is 13.6. The zero-order valence-corrected chi connectivity index (χ0v) is 12.2. The van der Waals surface area contributed by atoms with Crippen LogP contribution in [-0.2, 0) is 11.2 Å². The second-order valence-electron chi connectivity index (χ2n) is 4.70. The second kappa shape index (κ2) is 6.55. The van der Waals surface area contributed by atoms with E-state index >= 15 is 0 Å². The summed E-state index contributed by atoms with van der Waals surface area (Å²) in [5.41, 5.74) is 6.36. The van der Waals surface area contributed by atoms with Crippen LogP contribution < -0.4 is 5.73 Å². The fourth-order valence-corrected chi connectivity index (χ4v) is 2.02. The van der Waals surface area contributed by atoms with E-state index in [0.29, 0.717) is 18.1 Å². The zero-order chi connectivity index (χ0) is 15.4. The number of thiocarbonyl (C=S) groups is 1. The molecule has 110 valence electrons. The largest absolute Gasteiger partial charge is 0.480 e. The SMILES string of the molecule is CC(Cc1nc(-c2ccccc2)no1)C(=S)C(N)C(=O)O. The Morgan fingerprint density at radius 2 is 2.10 bits per heavy atom. The van der Waals surface area contributed by atoms with Crippen molar-refractivity contribution in [2.24, 2.45) is 11.7 Å². The molecular weight excluding hydrogens is 290 g/mol. The molecule has 1 heterocycles. The number of carboxylic acid groups (broad SMARTS) is 1. The molecule has 7 heteroatoms. The van der Waals surface area contributed by atoms with E-state index < -0.39 is 12.0 Å². The van der Waals surface area contributed by atoms with Crippen molar-refractivity contribution in [3.63, 3.8) is 0 Å². The molecule has 6 nitrogen and oxygen atoms in total. The van der Waals surface area contributed by atoms with Crippen molar-refractivity contribution >= 4 is 23.1 Å². The Balaban J connectivity index is 2.06. The molecule has 0 aliphatic rings. The summed E-state index contributed by atoms with van der Waals surface area (Å²) >= 11 is 5.08. The molecule has 0 fully saturated rings. The Bertz CT molecular complexity index is 642. The molecule has 0 saturated heterocycles. The molecule has 3 N–H and O–H groups in total. The first kappa shape index (κ1) is 15.3. The van der Waals surface area contributed by atoms with Crippen molar-refractivity contribution in [1.82, 2.24) is 10.1 Å². The van der Waals surface area contributed by atoms with Gasteiger partial charge in [0, 0.05) is 16.8 Å². The zero-order valence-electron chi connectivity index (χ0n) is 11.4. The third-order valence-corrected chi connectivity index (χ3v) is 3.70. The number of rotatable bonds is 6. The van der Waals surface area contributed by atoms with E-state index in [9.17, 15) is 4.79 Å². The van der Waals surface area contributed by atoms with Gasteiger partial charge in [-0.05, 0) is 5.92 Å². The number of aliphatic carboxylic acids is 1. The number of benzene rings is 1. The number of nitrogens with two attached hydrogens (primary N) is 1. The van der Waals surface area contributed by atoms with Crippen LogP contribution in [0.5, 0.6) is 0 Å². The van der Waals surface area contributed by atoms with E-state index in [0.717, 1.165) is 5.56 Å². The van der Waals surface area contributed by atoms with Gasteiger partial charge in [-0.1, -0.05) is 54.6 Å². The minimum Gasteiger partial charge on any atom is -0.480 e. The van der Waals surface area contributed by atoms with Gasteiger partial charge in [-0.3, -0.25) is 4.79 Å². The lowest BCUT2D eigenvalue weighted by molar-refractivity contribution is -0.136. The van der Waals surface area contributed by atoms with Crippen LogP contribution in [0.1, 0.15) is 12.8 Å². The monoisotopic (exact) mass is 305 g/mol. The van der Waals surface area contributed by atoms with Crippen molar-refractivity contribution in [2.75, 3.05) is 0 Å². The maximum Gasteiger partial charge on any atom is 0.325 e. The van der Waals surface area contributed by atoms with E-state index in [1.807, 2.05) is 30.3 Å². The number of aromatic nitrogens is 2. The Kier molecular flexibility index (Phi) is 4.77. The number of hydrogen-bond acceptors (Lipinski definition) is 6. The Hall–Kier alpha value is -2.12. The molecular formula is C14H15N3O3S. The highest BCUT2D eigenvalue weighted by atomic mass is 32.1. The van der Waals surface area contributed by atoms with Gasteiger partial charge in [0.1, 0.15) is 6.04 Å². The highest BCUT2D eigenvalue weighted by Gasteiger charge is 2.24. The minimum absolute atomic E-state index is 0.241. The van der Waals surface area contributed by atoms with Crippen LogP contribution in [0, 0.1) is 5.92 Å². The minimum atomic E-state index is -1.16. The lowest BCUT2D eigenvalue weighted by atomic mass is 9.98. The molecule has 1 aromatic heterocycles. The molecule has 2 rings (SSSR count). The molecule has 0 aliphatic carbocycles. The fourth-order valence-electron chi connectivity index (χ4n) is 1.83. The van der Waals surface area contributed by atoms with Gasteiger partial charge >= 0.3 is 5.97 Å². The molecule has 0 bridgehead atoms. The summed E-state index contributed by atoms with van der Waals surface area (Å²) in [6.45, 7) is 1.79. The summed E-state index contributed by atoms with van der Waals surface area (Å²) in [4.78, 5) is 15.4. The van der Waals surface area contributed by atoms with Crippen molar-refractivity contribution in [3.8, 4) is 11.4 Å². The predicted octanol–water partition coefficient (Wildman–Crippen LogP) is 1.70. The Morgan fingerprint density at radius 1 is 1.43 bits per heavy atom. The fraction of sp³-hybridized carbons (Fsp3) is 0.286. The summed E-state index contributed by atoms with van der Waals surface area (Å²) in [5.74, 6) is -0.481. The smallest absolute Gasteiger partial charge is 0.325 e. The van der Waals surface area contributed by atoms with Crippen LogP contribution in [0.2, 0.25) is 0 Å². The van der Waals surface area contributed by atoms with Gasteiger partial charge in [0.2, 0.25) is 11.7 Å². The summed E-state index contributed by atoms with van der Waals surface area (Å²) in [6, 6.07) is 8.26. The Labute approximate surface area is 127 Å². The lowest BCUT2D eigenvalue weighted by Crippen LogP contribution is -2.40. The first-order valence-electron chi connectivity index (χ1n) is 6.39. The lowest BCUT2D eigenvalue weighted by Gasteiger charge is -2.14. The van der Waals surface area contributed by atoms with E-state index in [1.54, 1.807) is 6.92 Å². The van der Waals surface area contributed by atoms with Crippen molar-refractivity contribution in [2.45, 2.75) is 19.4 Å². The molecule has 21 heavy (non-hydrogen) atoms. The van der Waals surface area contributed by atoms with E-state index in [-0.39, 0.29) is 10.8 Å². The second-order valence-corrected chi connectivity index (χ2v) is 5.17. The van der Waals surface area contributed by atoms with Crippen LogP contribution in [0.4, 0.5) is 0 Å². The van der Waals surface area contributed by atoms with Crippen LogP contribution in [-0.4, -0.2) is 32.1 Å². The van der Waals surface area contributed by atoms with Crippen LogP contribution in [0.15, 0.2) is 34.9 Å². The molecule has 0 aliphatic heterocycles. The van der Waals surface area contributed by atoms with Gasteiger partial charge in [0.15, 0.2) is 0 Å². The van der Waals surface area contributed by atoms with Gasteiger partial charge < -0.3 is 15.4 Å². The maximum absolute atomic E-state index is 10.8. The quantitative estimate of drug-likeness (QED) is 0.783. The average Bonchev–Trinajstić information content (AvgIpc) is 2.95. The van der Waals surface area contributed by atoms with Crippen molar-refractivity contribution in [1.29, 1.82) is 0 Å². The van der Waals surface area contributed by atoms with Gasteiger partial charge in [-0.25, -0.2) is 0 Å². The standard InChI is InChI=1S/C14H15N3O3S/c1-8(12(21)11(15)14(18)19)7-10-16-13(17-20-10)9-5-3-2-4-6-9/h2-6,8,11H,7,15H2,1H3,(H,18,19).